The largest absolute Gasteiger partial charge is 0.469 e. The molecule has 106 valence electrons. The highest BCUT2D eigenvalue weighted by atomic mass is 79.9. The molecule has 1 heterocycles. The van der Waals surface area contributed by atoms with E-state index in [4.69, 9.17) is 4.74 Å². The van der Waals surface area contributed by atoms with E-state index in [1.165, 1.54) is 7.11 Å². The molecule has 0 bridgehead atoms. The topological polar surface area (TPSA) is 42.4 Å². The second-order valence-electron chi connectivity index (χ2n) is 4.38. The number of methoxy groups -OCH3 is 1. The Morgan fingerprint density at radius 3 is 2.85 bits per heavy atom. The smallest absolute Gasteiger partial charge is 0.307 e. The van der Waals surface area contributed by atoms with Crippen LogP contribution in [0.3, 0.4) is 0 Å². The summed E-state index contributed by atoms with van der Waals surface area (Å²) >= 11 is 3.56. The standard InChI is InChI=1S/C15H17BrN2O2/c1-3-18(10-8-14(19)20-2)15-12-5-4-6-13(16)11(12)7-9-17-15/h4-7,9H,3,8,10H2,1-2H3. The van der Waals surface area contributed by atoms with Crippen molar-refractivity contribution in [3.05, 3.63) is 34.9 Å². The number of carbonyl (C=O) groups excluding carboxylic acids is 1. The molecular formula is C15H17BrN2O2. The molecule has 2 rings (SSSR count). The van der Waals surface area contributed by atoms with Crippen molar-refractivity contribution in [1.82, 2.24) is 4.98 Å². The van der Waals surface area contributed by atoms with Gasteiger partial charge in [-0.15, -0.1) is 0 Å². The van der Waals surface area contributed by atoms with E-state index < -0.39 is 0 Å². The second-order valence-corrected chi connectivity index (χ2v) is 5.23. The molecule has 1 aromatic carbocycles. The van der Waals surface area contributed by atoms with Crippen molar-refractivity contribution in [2.45, 2.75) is 13.3 Å². The lowest BCUT2D eigenvalue weighted by Crippen LogP contribution is -2.27. The molecule has 0 radical (unpaired) electrons. The quantitative estimate of drug-likeness (QED) is 0.785. The molecule has 0 aliphatic heterocycles. The number of aromatic nitrogens is 1. The third kappa shape index (κ3) is 3.10. The molecule has 0 fully saturated rings. The van der Waals surface area contributed by atoms with Gasteiger partial charge in [0, 0.05) is 34.5 Å². The Labute approximate surface area is 126 Å². The summed E-state index contributed by atoms with van der Waals surface area (Å²) < 4.78 is 5.74. The number of fused-ring (bicyclic) bond motifs is 1. The van der Waals surface area contributed by atoms with Gasteiger partial charge in [0.2, 0.25) is 0 Å². The van der Waals surface area contributed by atoms with Crippen LogP contribution in [0.25, 0.3) is 10.8 Å². The van der Waals surface area contributed by atoms with Gasteiger partial charge < -0.3 is 9.64 Å². The Bertz CT molecular complexity index is 616. The molecule has 0 saturated heterocycles. The predicted molar refractivity (Wildman–Crippen MR) is 84.0 cm³/mol. The molecule has 4 nitrogen and oxygen atoms in total. The van der Waals surface area contributed by atoms with Gasteiger partial charge in [0.15, 0.2) is 0 Å². The van der Waals surface area contributed by atoms with Gasteiger partial charge in [0.1, 0.15) is 5.82 Å². The van der Waals surface area contributed by atoms with Gasteiger partial charge in [-0.2, -0.15) is 0 Å². The Morgan fingerprint density at radius 2 is 2.15 bits per heavy atom. The molecule has 0 unspecified atom stereocenters. The van der Waals surface area contributed by atoms with E-state index in [1.807, 2.05) is 24.3 Å². The zero-order valence-corrected chi connectivity index (χ0v) is 13.2. The third-order valence-corrected chi connectivity index (χ3v) is 3.92. The molecule has 1 aromatic heterocycles. The van der Waals surface area contributed by atoms with Crippen molar-refractivity contribution < 1.29 is 9.53 Å². The van der Waals surface area contributed by atoms with Gasteiger partial charge in [-0.25, -0.2) is 4.98 Å². The summed E-state index contributed by atoms with van der Waals surface area (Å²) in [6.07, 6.45) is 2.15. The average molecular weight is 337 g/mol. The maximum absolute atomic E-state index is 11.3. The van der Waals surface area contributed by atoms with E-state index in [0.717, 1.165) is 27.6 Å². The van der Waals surface area contributed by atoms with Crippen LogP contribution in [-0.4, -0.2) is 31.2 Å². The van der Waals surface area contributed by atoms with E-state index in [2.05, 4.69) is 32.7 Å². The van der Waals surface area contributed by atoms with Crippen LogP contribution in [0.4, 0.5) is 5.82 Å². The molecular weight excluding hydrogens is 320 g/mol. The number of hydrogen-bond donors (Lipinski definition) is 0. The van der Waals surface area contributed by atoms with Crippen LogP contribution in [0, 0.1) is 0 Å². The number of rotatable bonds is 5. The summed E-state index contributed by atoms with van der Waals surface area (Å²) in [7, 11) is 1.41. The lowest BCUT2D eigenvalue weighted by atomic mass is 10.1. The SMILES string of the molecule is CCN(CCC(=O)OC)c1nccc2c(Br)cccc12. The zero-order chi connectivity index (χ0) is 14.5. The second kappa shape index (κ2) is 6.70. The van der Waals surface area contributed by atoms with E-state index in [0.29, 0.717) is 13.0 Å². The minimum Gasteiger partial charge on any atom is -0.469 e. The van der Waals surface area contributed by atoms with Gasteiger partial charge >= 0.3 is 5.97 Å². The van der Waals surface area contributed by atoms with Crippen LogP contribution < -0.4 is 4.90 Å². The number of esters is 1. The molecule has 2 aromatic rings. The number of hydrogen-bond acceptors (Lipinski definition) is 4. The molecule has 0 N–H and O–H groups in total. The van der Waals surface area contributed by atoms with Crippen molar-refractivity contribution in [3.8, 4) is 0 Å². The maximum Gasteiger partial charge on any atom is 0.307 e. The number of anilines is 1. The minimum atomic E-state index is -0.204. The Kier molecular flexibility index (Phi) is 4.95. The molecule has 5 heteroatoms. The average Bonchev–Trinajstić information content (AvgIpc) is 2.48. The number of nitrogens with zero attached hydrogens (tertiary/aromatic N) is 2. The number of pyridine rings is 1. The first-order chi connectivity index (χ1) is 9.67. The summed E-state index contributed by atoms with van der Waals surface area (Å²) in [4.78, 5) is 17.9. The first kappa shape index (κ1) is 14.8. The van der Waals surface area contributed by atoms with Crippen molar-refractivity contribution in [2.75, 3.05) is 25.1 Å². The highest BCUT2D eigenvalue weighted by Crippen LogP contribution is 2.29. The summed E-state index contributed by atoms with van der Waals surface area (Å²) in [5, 5.41) is 2.20. The fourth-order valence-corrected chi connectivity index (χ4v) is 2.65. The lowest BCUT2D eigenvalue weighted by Gasteiger charge is -2.23. The normalized spacial score (nSPS) is 10.6. The molecule has 0 amide bonds. The van der Waals surface area contributed by atoms with Crippen LogP contribution in [0.15, 0.2) is 34.9 Å². The minimum absolute atomic E-state index is 0.204. The van der Waals surface area contributed by atoms with Gasteiger partial charge in [-0.05, 0) is 19.1 Å². The van der Waals surface area contributed by atoms with Crippen LogP contribution in [0.1, 0.15) is 13.3 Å². The van der Waals surface area contributed by atoms with Crippen molar-refractivity contribution in [2.24, 2.45) is 0 Å². The van der Waals surface area contributed by atoms with Gasteiger partial charge in [-0.3, -0.25) is 4.79 Å². The van der Waals surface area contributed by atoms with Crippen LogP contribution >= 0.6 is 15.9 Å². The third-order valence-electron chi connectivity index (χ3n) is 3.23. The van der Waals surface area contributed by atoms with Crippen molar-refractivity contribution in [3.63, 3.8) is 0 Å². The fourth-order valence-electron chi connectivity index (χ4n) is 2.15. The Hall–Kier alpha value is -1.62. The van der Waals surface area contributed by atoms with Crippen molar-refractivity contribution >= 4 is 38.5 Å². The predicted octanol–water partition coefficient (Wildman–Crippen LogP) is 3.39. The van der Waals surface area contributed by atoms with Gasteiger partial charge in [-0.1, -0.05) is 28.1 Å². The van der Waals surface area contributed by atoms with E-state index in [9.17, 15) is 4.79 Å². The number of ether oxygens (including phenoxy) is 1. The first-order valence-electron chi connectivity index (χ1n) is 6.52. The summed E-state index contributed by atoms with van der Waals surface area (Å²) in [6.45, 7) is 3.44. The van der Waals surface area contributed by atoms with Crippen molar-refractivity contribution in [1.29, 1.82) is 0 Å². The Morgan fingerprint density at radius 1 is 1.35 bits per heavy atom. The monoisotopic (exact) mass is 336 g/mol. The van der Waals surface area contributed by atoms with Gasteiger partial charge in [0.05, 0.1) is 13.5 Å². The van der Waals surface area contributed by atoms with E-state index >= 15 is 0 Å². The fraction of sp³-hybridized carbons (Fsp3) is 0.333. The summed E-state index contributed by atoms with van der Waals surface area (Å²) in [5.74, 6) is 0.695. The molecule has 20 heavy (non-hydrogen) atoms. The highest BCUT2D eigenvalue weighted by molar-refractivity contribution is 9.10. The van der Waals surface area contributed by atoms with E-state index in [-0.39, 0.29) is 5.97 Å². The van der Waals surface area contributed by atoms with E-state index in [1.54, 1.807) is 6.20 Å². The van der Waals surface area contributed by atoms with Gasteiger partial charge in [0.25, 0.3) is 0 Å². The summed E-state index contributed by atoms with van der Waals surface area (Å²) in [5.41, 5.74) is 0. The highest BCUT2D eigenvalue weighted by Gasteiger charge is 2.12. The molecule has 0 aliphatic carbocycles. The molecule has 0 saturated carbocycles. The molecule has 0 aliphatic rings. The Balaban J connectivity index is 2.34. The number of benzene rings is 1. The lowest BCUT2D eigenvalue weighted by molar-refractivity contribution is -0.140. The maximum atomic E-state index is 11.3. The van der Waals surface area contributed by atoms with Crippen LogP contribution in [0.2, 0.25) is 0 Å². The van der Waals surface area contributed by atoms with Crippen LogP contribution in [-0.2, 0) is 9.53 Å². The molecule has 0 spiro atoms. The number of halogens is 1. The number of carbonyl (C=O) groups is 1. The summed E-state index contributed by atoms with van der Waals surface area (Å²) in [6, 6.07) is 8.03. The van der Waals surface area contributed by atoms with Crippen LogP contribution in [0.5, 0.6) is 0 Å². The first-order valence-corrected chi connectivity index (χ1v) is 7.31. The molecule has 0 atom stereocenters. The zero-order valence-electron chi connectivity index (χ0n) is 11.6.